The second-order valence-corrected chi connectivity index (χ2v) is 8.60. The Morgan fingerprint density at radius 1 is 1.07 bits per heavy atom. The lowest BCUT2D eigenvalue weighted by Crippen LogP contribution is -2.25. The molecule has 1 aliphatic rings. The van der Waals surface area contributed by atoms with E-state index in [2.05, 4.69) is 4.72 Å². The minimum absolute atomic E-state index is 0.00894. The number of benzene rings is 2. The number of carbonyl (C=O) groups is 2. The number of Topliss-reactive ketones (excluding diaryl/α,β-unsaturated/α-hetero) is 1. The van der Waals surface area contributed by atoms with E-state index in [1.54, 1.807) is 0 Å². The predicted molar refractivity (Wildman–Crippen MR) is 101 cm³/mol. The van der Waals surface area contributed by atoms with Gasteiger partial charge >= 0.3 is 5.97 Å². The minimum atomic E-state index is -3.59. The molecule has 2 aromatic rings. The van der Waals surface area contributed by atoms with Gasteiger partial charge in [0.05, 0.1) is 15.5 Å². The molecule has 0 amide bonds. The second-order valence-electron chi connectivity index (χ2n) is 6.04. The molecule has 2 aromatic carbocycles. The van der Waals surface area contributed by atoms with Crippen LogP contribution in [0.15, 0.2) is 47.4 Å². The molecule has 0 radical (unpaired) electrons. The monoisotopic (exact) mass is 427 g/mol. The van der Waals surface area contributed by atoms with Crippen LogP contribution in [-0.2, 0) is 14.8 Å². The van der Waals surface area contributed by atoms with Gasteiger partial charge in [0.2, 0.25) is 15.8 Å². The van der Waals surface area contributed by atoms with Crippen molar-refractivity contribution in [3.63, 3.8) is 0 Å². The van der Waals surface area contributed by atoms with Crippen LogP contribution in [0.3, 0.4) is 0 Å². The van der Waals surface area contributed by atoms with Gasteiger partial charge in [-0.15, -0.1) is 0 Å². The van der Waals surface area contributed by atoms with Crippen molar-refractivity contribution in [2.75, 3.05) is 6.61 Å². The highest BCUT2D eigenvalue weighted by Crippen LogP contribution is 2.23. The van der Waals surface area contributed by atoms with E-state index in [4.69, 9.17) is 27.9 Å². The summed E-state index contributed by atoms with van der Waals surface area (Å²) in [4.78, 5) is 24.3. The Balaban J connectivity index is 1.61. The number of rotatable bonds is 7. The predicted octanol–water partition coefficient (Wildman–Crippen LogP) is 3.47. The lowest BCUT2D eigenvalue weighted by atomic mass is 10.1. The summed E-state index contributed by atoms with van der Waals surface area (Å²) >= 11 is 11.7. The summed E-state index contributed by atoms with van der Waals surface area (Å²) in [6, 6.07) is 9.69. The number of hydrogen-bond acceptors (Lipinski definition) is 5. The fraction of sp³-hybridized carbons (Fsp3) is 0.222. The third-order valence-electron chi connectivity index (χ3n) is 3.87. The maximum absolute atomic E-state index is 12.1. The van der Waals surface area contributed by atoms with Crippen LogP contribution in [0.2, 0.25) is 10.0 Å². The van der Waals surface area contributed by atoms with Crippen molar-refractivity contribution in [1.29, 1.82) is 0 Å². The first kappa shape index (κ1) is 19.8. The number of carbonyl (C=O) groups excluding carboxylic acids is 2. The van der Waals surface area contributed by atoms with Gasteiger partial charge in [0.25, 0.3) is 0 Å². The van der Waals surface area contributed by atoms with E-state index in [0.29, 0.717) is 5.02 Å². The molecular weight excluding hydrogens is 413 g/mol. The Morgan fingerprint density at radius 2 is 1.74 bits per heavy atom. The van der Waals surface area contributed by atoms with E-state index in [1.165, 1.54) is 42.5 Å². The SMILES string of the molecule is O=C(OCC(=O)c1ccc(Cl)cc1Cl)c1ccc(S(=O)(=O)NC2CC2)cc1. The molecule has 0 saturated heterocycles. The van der Waals surface area contributed by atoms with E-state index in [1.807, 2.05) is 0 Å². The van der Waals surface area contributed by atoms with E-state index in [-0.39, 0.29) is 27.1 Å². The molecule has 1 aliphatic carbocycles. The Morgan fingerprint density at radius 3 is 2.33 bits per heavy atom. The van der Waals surface area contributed by atoms with Crippen molar-refractivity contribution in [2.45, 2.75) is 23.8 Å². The van der Waals surface area contributed by atoms with Crippen LogP contribution < -0.4 is 4.72 Å². The van der Waals surface area contributed by atoms with Crippen LogP contribution in [-0.4, -0.2) is 32.8 Å². The van der Waals surface area contributed by atoms with Gasteiger partial charge in [0, 0.05) is 16.6 Å². The Labute approximate surface area is 166 Å². The Bertz CT molecular complexity index is 985. The summed E-state index contributed by atoms with van der Waals surface area (Å²) in [7, 11) is -3.59. The fourth-order valence-corrected chi connectivity index (χ4v) is 4.09. The van der Waals surface area contributed by atoms with Crippen LogP contribution >= 0.6 is 23.2 Å². The van der Waals surface area contributed by atoms with Crippen LogP contribution in [0, 0.1) is 0 Å². The molecule has 0 heterocycles. The molecule has 0 aliphatic heterocycles. The van der Waals surface area contributed by atoms with Gasteiger partial charge in [-0.05, 0) is 55.3 Å². The molecule has 0 spiro atoms. The molecule has 1 saturated carbocycles. The zero-order valence-corrected chi connectivity index (χ0v) is 16.3. The van der Waals surface area contributed by atoms with Gasteiger partial charge in [-0.1, -0.05) is 23.2 Å². The van der Waals surface area contributed by atoms with Gasteiger partial charge in [0.1, 0.15) is 0 Å². The quantitative estimate of drug-likeness (QED) is 0.539. The fourth-order valence-electron chi connectivity index (χ4n) is 2.27. The highest BCUT2D eigenvalue weighted by Gasteiger charge is 2.28. The molecule has 0 atom stereocenters. The van der Waals surface area contributed by atoms with Gasteiger partial charge in [-0.2, -0.15) is 0 Å². The lowest BCUT2D eigenvalue weighted by Gasteiger charge is -2.08. The van der Waals surface area contributed by atoms with Crippen molar-refractivity contribution in [2.24, 2.45) is 0 Å². The number of sulfonamides is 1. The van der Waals surface area contributed by atoms with Crippen molar-refractivity contribution >= 4 is 45.0 Å². The molecule has 3 rings (SSSR count). The van der Waals surface area contributed by atoms with Crippen molar-refractivity contribution in [3.8, 4) is 0 Å². The number of ether oxygens (including phenoxy) is 1. The standard InChI is InChI=1S/C18H15Cl2NO5S/c19-12-3-8-15(16(20)9-12)17(22)10-26-18(23)11-1-6-14(7-2-11)27(24,25)21-13-4-5-13/h1-3,6-9,13,21H,4-5,10H2. The third-order valence-corrected chi connectivity index (χ3v) is 5.95. The van der Waals surface area contributed by atoms with Crippen molar-refractivity contribution in [1.82, 2.24) is 4.72 Å². The molecule has 0 unspecified atom stereocenters. The highest BCUT2D eigenvalue weighted by molar-refractivity contribution is 7.89. The minimum Gasteiger partial charge on any atom is -0.454 e. The summed E-state index contributed by atoms with van der Waals surface area (Å²) in [5.74, 6) is -1.22. The average Bonchev–Trinajstić information content (AvgIpc) is 3.43. The van der Waals surface area contributed by atoms with Crippen LogP contribution in [0.1, 0.15) is 33.6 Å². The van der Waals surface area contributed by atoms with Crippen molar-refractivity contribution < 1.29 is 22.7 Å². The van der Waals surface area contributed by atoms with Gasteiger partial charge in [-0.25, -0.2) is 17.9 Å². The molecule has 0 aromatic heterocycles. The lowest BCUT2D eigenvalue weighted by molar-refractivity contribution is 0.0474. The number of halogens is 2. The molecule has 27 heavy (non-hydrogen) atoms. The number of hydrogen-bond donors (Lipinski definition) is 1. The largest absolute Gasteiger partial charge is 0.454 e. The summed E-state index contributed by atoms with van der Waals surface area (Å²) in [6.07, 6.45) is 1.66. The first-order valence-corrected chi connectivity index (χ1v) is 10.3. The van der Waals surface area contributed by atoms with E-state index >= 15 is 0 Å². The zero-order valence-electron chi connectivity index (χ0n) is 13.9. The Hall–Kier alpha value is -1.93. The van der Waals surface area contributed by atoms with Crippen LogP contribution in [0.5, 0.6) is 0 Å². The number of nitrogens with one attached hydrogen (secondary N) is 1. The van der Waals surface area contributed by atoms with E-state index < -0.39 is 28.4 Å². The summed E-state index contributed by atoms with van der Waals surface area (Å²) in [5.41, 5.74) is 0.330. The molecule has 1 fully saturated rings. The Kier molecular flexibility index (Phi) is 5.86. The number of ketones is 1. The first-order chi connectivity index (χ1) is 12.8. The van der Waals surface area contributed by atoms with Crippen LogP contribution in [0.4, 0.5) is 0 Å². The highest BCUT2D eigenvalue weighted by atomic mass is 35.5. The van der Waals surface area contributed by atoms with Gasteiger partial charge in [0.15, 0.2) is 6.61 Å². The van der Waals surface area contributed by atoms with E-state index in [9.17, 15) is 18.0 Å². The first-order valence-electron chi connectivity index (χ1n) is 8.04. The summed E-state index contributed by atoms with van der Waals surface area (Å²) in [6.45, 7) is -0.497. The number of esters is 1. The van der Waals surface area contributed by atoms with E-state index in [0.717, 1.165) is 12.8 Å². The van der Waals surface area contributed by atoms with Gasteiger partial charge < -0.3 is 4.74 Å². The molecule has 1 N–H and O–H groups in total. The molecule has 142 valence electrons. The maximum atomic E-state index is 12.1. The van der Waals surface area contributed by atoms with Crippen molar-refractivity contribution in [3.05, 3.63) is 63.6 Å². The molecule has 6 nitrogen and oxygen atoms in total. The zero-order chi connectivity index (χ0) is 19.6. The van der Waals surface area contributed by atoms with Gasteiger partial charge in [-0.3, -0.25) is 4.79 Å². The smallest absolute Gasteiger partial charge is 0.338 e. The second kappa shape index (κ2) is 7.98. The molecule has 9 heteroatoms. The normalized spacial score (nSPS) is 14.0. The summed E-state index contributed by atoms with van der Waals surface area (Å²) in [5, 5.41) is 0.557. The summed E-state index contributed by atoms with van der Waals surface area (Å²) < 4.78 is 31.7. The molecular formula is C18H15Cl2NO5S. The maximum Gasteiger partial charge on any atom is 0.338 e. The van der Waals surface area contributed by atoms with Crippen LogP contribution in [0.25, 0.3) is 0 Å². The third kappa shape index (κ3) is 5.07. The topological polar surface area (TPSA) is 89.5 Å². The average molecular weight is 428 g/mol. The molecule has 0 bridgehead atoms.